The first-order chi connectivity index (χ1) is 10.2. The van der Waals surface area contributed by atoms with Gasteiger partial charge in [-0.2, -0.15) is 10.5 Å². The zero-order chi connectivity index (χ0) is 16.9. The van der Waals surface area contributed by atoms with E-state index in [9.17, 15) is 18.0 Å². The van der Waals surface area contributed by atoms with Gasteiger partial charge in [0.2, 0.25) is 0 Å². The van der Waals surface area contributed by atoms with Crippen LogP contribution in [0, 0.1) is 22.7 Å². The van der Waals surface area contributed by atoms with E-state index >= 15 is 0 Å². The standard InChI is InChI=1S/C12H5BrF3N3O3/c13-8-1-7(11(20)21)2-9(10(8)22-12(14,15)16)19-5-6(3-17)4-18/h1-2,5,19H,(H,20,21). The summed E-state index contributed by atoms with van der Waals surface area (Å²) in [7, 11) is 0. The van der Waals surface area contributed by atoms with Crippen molar-refractivity contribution in [1.29, 1.82) is 10.5 Å². The van der Waals surface area contributed by atoms with Gasteiger partial charge in [0.1, 0.15) is 17.7 Å². The Labute approximate surface area is 130 Å². The van der Waals surface area contributed by atoms with Gasteiger partial charge in [-0.25, -0.2) is 4.79 Å². The second kappa shape index (κ2) is 6.83. The molecule has 10 heteroatoms. The second-order valence-corrected chi connectivity index (χ2v) is 4.47. The number of anilines is 1. The van der Waals surface area contributed by atoms with Gasteiger partial charge in [0.15, 0.2) is 5.75 Å². The third-order valence-electron chi connectivity index (χ3n) is 2.12. The first kappa shape index (κ1) is 17.3. The van der Waals surface area contributed by atoms with Crippen molar-refractivity contribution in [1.82, 2.24) is 0 Å². The number of carboxylic acids is 1. The van der Waals surface area contributed by atoms with Gasteiger partial charge in [0.05, 0.1) is 15.7 Å². The van der Waals surface area contributed by atoms with Gasteiger partial charge in [-0.15, -0.1) is 13.2 Å². The number of hydrogen-bond donors (Lipinski definition) is 2. The molecule has 114 valence electrons. The molecule has 22 heavy (non-hydrogen) atoms. The maximum absolute atomic E-state index is 12.4. The van der Waals surface area contributed by atoms with Gasteiger partial charge < -0.3 is 15.2 Å². The highest BCUT2D eigenvalue weighted by Gasteiger charge is 2.33. The van der Waals surface area contributed by atoms with E-state index in [4.69, 9.17) is 15.6 Å². The molecule has 0 aliphatic rings. The van der Waals surface area contributed by atoms with Crippen LogP contribution in [0.25, 0.3) is 0 Å². The molecule has 0 spiro atoms. The molecule has 0 fully saturated rings. The molecule has 1 aromatic rings. The molecule has 0 aliphatic carbocycles. The molecule has 0 saturated carbocycles. The molecule has 1 aromatic carbocycles. The van der Waals surface area contributed by atoms with Crippen LogP contribution in [0.3, 0.4) is 0 Å². The summed E-state index contributed by atoms with van der Waals surface area (Å²) in [5, 5.41) is 28.3. The number of rotatable bonds is 4. The van der Waals surface area contributed by atoms with Crippen LogP contribution < -0.4 is 10.1 Å². The van der Waals surface area contributed by atoms with Crippen LogP contribution >= 0.6 is 15.9 Å². The summed E-state index contributed by atoms with van der Waals surface area (Å²) in [6, 6.07) is 4.77. The molecule has 0 amide bonds. The molecule has 6 nitrogen and oxygen atoms in total. The minimum Gasteiger partial charge on any atom is -0.478 e. The van der Waals surface area contributed by atoms with Crippen molar-refractivity contribution in [2.24, 2.45) is 0 Å². The fraction of sp³-hybridized carbons (Fsp3) is 0.0833. The SMILES string of the molecule is N#CC(C#N)=CNc1cc(C(=O)O)cc(Br)c1OC(F)(F)F. The lowest BCUT2D eigenvalue weighted by Crippen LogP contribution is -2.18. The van der Waals surface area contributed by atoms with Gasteiger partial charge in [0, 0.05) is 6.20 Å². The average Bonchev–Trinajstić information content (AvgIpc) is 2.41. The number of alkyl halides is 3. The molecule has 0 aliphatic heterocycles. The number of halogens is 4. The monoisotopic (exact) mass is 375 g/mol. The highest BCUT2D eigenvalue weighted by Crippen LogP contribution is 2.38. The van der Waals surface area contributed by atoms with E-state index in [2.05, 4.69) is 26.0 Å². The minimum absolute atomic E-state index is 0.268. The number of nitriles is 2. The number of carboxylic acid groups (broad SMARTS) is 1. The van der Waals surface area contributed by atoms with Crippen molar-refractivity contribution in [2.45, 2.75) is 6.36 Å². The predicted molar refractivity (Wildman–Crippen MR) is 70.7 cm³/mol. The van der Waals surface area contributed by atoms with E-state index in [-0.39, 0.29) is 15.7 Å². The third kappa shape index (κ3) is 4.68. The van der Waals surface area contributed by atoms with Crippen molar-refractivity contribution < 1.29 is 27.8 Å². The fourth-order valence-electron chi connectivity index (χ4n) is 1.28. The Morgan fingerprint density at radius 2 is 1.95 bits per heavy atom. The van der Waals surface area contributed by atoms with E-state index in [1.807, 2.05) is 0 Å². The smallest absolute Gasteiger partial charge is 0.478 e. The van der Waals surface area contributed by atoms with E-state index < -0.39 is 23.7 Å². The molecule has 0 atom stereocenters. The van der Waals surface area contributed by atoms with Crippen molar-refractivity contribution in [3.63, 3.8) is 0 Å². The molecular formula is C12H5BrF3N3O3. The first-order valence-corrected chi connectivity index (χ1v) is 6.06. The van der Waals surface area contributed by atoms with E-state index in [0.29, 0.717) is 0 Å². The molecule has 0 bridgehead atoms. The number of allylic oxidation sites excluding steroid dienone is 1. The van der Waals surface area contributed by atoms with E-state index in [0.717, 1.165) is 18.3 Å². The van der Waals surface area contributed by atoms with Crippen molar-refractivity contribution in [3.8, 4) is 17.9 Å². The Kier molecular flexibility index (Phi) is 5.38. The van der Waals surface area contributed by atoms with Crippen LogP contribution in [0.1, 0.15) is 10.4 Å². The number of carbonyl (C=O) groups is 1. The van der Waals surface area contributed by atoms with Crippen LogP contribution in [0.2, 0.25) is 0 Å². The Morgan fingerprint density at radius 1 is 1.36 bits per heavy atom. The maximum atomic E-state index is 12.4. The maximum Gasteiger partial charge on any atom is 0.573 e. The van der Waals surface area contributed by atoms with E-state index in [1.165, 1.54) is 12.1 Å². The molecular weight excluding hydrogens is 371 g/mol. The molecule has 0 radical (unpaired) electrons. The van der Waals surface area contributed by atoms with Crippen molar-refractivity contribution in [3.05, 3.63) is 33.9 Å². The lowest BCUT2D eigenvalue weighted by atomic mass is 10.2. The molecule has 0 unspecified atom stereocenters. The minimum atomic E-state index is -5.01. The Bertz CT molecular complexity index is 701. The summed E-state index contributed by atoms with van der Waals surface area (Å²) in [6.45, 7) is 0. The van der Waals surface area contributed by atoms with Crippen LogP contribution in [0.4, 0.5) is 18.9 Å². The summed E-state index contributed by atoms with van der Waals surface area (Å²) < 4.78 is 40.7. The lowest BCUT2D eigenvalue weighted by molar-refractivity contribution is -0.274. The predicted octanol–water partition coefficient (Wildman–Crippen LogP) is 3.39. The van der Waals surface area contributed by atoms with Crippen LogP contribution in [-0.4, -0.2) is 17.4 Å². The van der Waals surface area contributed by atoms with Crippen LogP contribution in [0.15, 0.2) is 28.4 Å². The third-order valence-corrected chi connectivity index (χ3v) is 2.71. The molecule has 0 saturated heterocycles. The summed E-state index contributed by atoms with van der Waals surface area (Å²) >= 11 is 2.78. The summed E-state index contributed by atoms with van der Waals surface area (Å²) in [4.78, 5) is 10.9. The quantitative estimate of drug-likeness (QED) is 0.781. The number of nitrogens with one attached hydrogen (secondary N) is 1. The second-order valence-electron chi connectivity index (χ2n) is 3.61. The zero-order valence-corrected chi connectivity index (χ0v) is 12.0. The van der Waals surface area contributed by atoms with E-state index in [1.54, 1.807) is 0 Å². The number of ether oxygens (including phenoxy) is 1. The van der Waals surface area contributed by atoms with Gasteiger partial charge in [0.25, 0.3) is 0 Å². The average molecular weight is 376 g/mol. The normalized spacial score (nSPS) is 10.1. The first-order valence-electron chi connectivity index (χ1n) is 5.27. The largest absolute Gasteiger partial charge is 0.573 e. The molecule has 2 N–H and O–H groups in total. The number of nitrogens with zero attached hydrogens (tertiary/aromatic N) is 2. The number of benzene rings is 1. The fourth-order valence-corrected chi connectivity index (χ4v) is 1.82. The molecule has 0 heterocycles. The van der Waals surface area contributed by atoms with Crippen LogP contribution in [0.5, 0.6) is 5.75 Å². The zero-order valence-electron chi connectivity index (χ0n) is 10.4. The summed E-state index contributed by atoms with van der Waals surface area (Å²) in [6.07, 6.45) is -4.18. The Hall–Kier alpha value is -2.72. The number of aromatic carboxylic acids is 1. The van der Waals surface area contributed by atoms with Gasteiger partial charge in [-0.05, 0) is 28.1 Å². The lowest BCUT2D eigenvalue weighted by Gasteiger charge is -2.15. The van der Waals surface area contributed by atoms with Gasteiger partial charge in [-0.3, -0.25) is 0 Å². The number of hydrogen-bond acceptors (Lipinski definition) is 5. The highest BCUT2D eigenvalue weighted by molar-refractivity contribution is 9.10. The van der Waals surface area contributed by atoms with Gasteiger partial charge in [-0.1, -0.05) is 0 Å². The van der Waals surface area contributed by atoms with Crippen molar-refractivity contribution in [2.75, 3.05) is 5.32 Å². The molecule has 0 aromatic heterocycles. The highest BCUT2D eigenvalue weighted by atomic mass is 79.9. The van der Waals surface area contributed by atoms with Crippen LogP contribution in [-0.2, 0) is 0 Å². The topological polar surface area (TPSA) is 106 Å². The Morgan fingerprint density at radius 3 is 2.41 bits per heavy atom. The molecule has 1 rings (SSSR count). The van der Waals surface area contributed by atoms with Gasteiger partial charge >= 0.3 is 12.3 Å². The van der Waals surface area contributed by atoms with Crippen molar-refractivity contribution >= 4 is 27.6 Å². The Balaban J connectivity index is 3.37. The summed E-state index contributed by atoms with van der Waals surface area (Å²) in [5.41, 5.74) is -1.13. The summed E-state index contributed by atoms with van der Waals surface area (Å²) in [5.74, 6) is -2.11.